The van der Waals surface area contributed by atoms with Crippen LogP contribution in [-0.4, -0.2) is 49.1 Å². The molecule has 1 heterocycles. The van der Waals surface area contributed by atoms with Crippen LogP contribution in [0.5, 0.6) is 0 Å². The lowest BCUT2D eigenvalue weighted by atomic mass is 10.0. The van der Waals surface area contributed by atoms with Crippen molar-refractivity contribution < 1.29 is 9.59 Å². The van der Waals surface area contributed by atoms with Gasteiger partial charge in [0.05, 0.1) is 0 Å². The highest BCUT2D eigenvalue weighted by molar-refractivity contribution is 5.87. The summed E-state index contributed by atoms with van der Waals surface area (Å²) in [6.07, 6.45) is 0.941. The average Bonchev–Trinajstić information content (AvgIpc) is 2.87. The summed E-state index contributed by atoms with van der Waals surface area (Å²) in [5.74, 6) is 0.0414. The van der Waals surface area contributed by atoms with Crippen molar-refractivity contribution in [2.24, 2.45) is 5.92 Å². The highest BCUT2D eigenvalue weighted by atomic mass is 35.5. The molecule has 1 aromatic rings. The molecule has 1 aliphatic heterocycles. The maximum Gasteiger partial charge on any atom is 0.315 e. The summed E-state index contributed by atoms with van der Waals surface area (Å²) < 4.78 is 0. The Morgan fingerprint density at radius 2 is 1.88 bits per heavy atom. The van der Waals surface area contributed by atoms with Gasteiger partial charge in [-0.1, -0.05) is 44.2 Å². The summed E-state index contributed by atoms with van der Waals surface area (Å²) in [7, 11) is 0. The van der Waals surface area contributed by atoms with E-state index in [-0.39, 0.29) is 30.3 Å². The van der Waals surface area contributed by atoms with E-state index in [2.05, 4.69) is 16.0 Å². The highest BCUT2D eigenvalue weighted by Crippen LogP contribution is 2.08. The first kappa shape index (κ1) is 21.3. The second-order valence-corrected chi connectivity index (χ2v) is 6.46. The van der Waals surface area contributed by atoms with Gasteiger partial charge in [-0.25, -0.2) is 4.79 Å². The van der Waals surface area contributed by atoms with Crippen LogP contribution >= 0.6 is 12.4 Å². The first-order chi connectivity index (χ1) is 11.6. The Bertz CT molecular complexity index is 531. The quantitative estimate of drug-likeness (QED) is 0.741. The number of carbonyl (C=O) groups is 2. The van der Waals surface area contributed by atoms with Gasteiger partial charge in [0.2, 0.25) is 5.91 Å². The summed E-state index contributed by atoms with van der Waals surface area (Å²) >= 11 is 0. The number of amides is 3. The normalized spacial score (nSPS) is 15.7. The predicted molar refractivity (Wildman–Crippen MR) is 102 cm³/mol. The zero-order valence-electron chi connectivity index (χ0n) is 15.0. The summed E-state index contributed by atoms with van der Waals surface area (Å²) in [5.41, 5.74) is 1.03. The molecule has 6 nitrogen and oxygen atoms in total. The molecule has 2 rings (SSSR count). The fourth-order valence-electron chi connectivity index (χ4n) is 2.75. The molecular formula is C18H29ClN4O2. The number of nitrogens with one attached hydrogen (secondary N) is 3. The van der Waals surface area contributed by atoms with Crippen molar-refractivity contribution in [2.45, 2.75) is 32.9 Å². The molecular weight excluding hydrogens is 340 g/mol. The van der Waals surface area contributed by atoms with E-state index < -0.39 is 6.04 Å². The van der Waals surface area contributed by atoms with E-state index in [0.717, 1.165) is 31.6 Å². The fraction of sp³-hybridized carbons (Fsp3) is 0.556. The van der Waals surface area contributed by atoms with E-state index in [9.17, 15) is 9.59 Å². The van der Waals surface area contributed by atoms with E-state index in [1.165, 1.54) is 0 Å². The molecule has 1 atom stereocenters. The number of carbonyl (C=O) groups excluding carboxylic acids is 2. The van der Waals surface area contributed by atoms with E-state index in [1.54, 1.807) is 0 Å². The first-order valence-corrected chi connectivity index (χ1v) is 8.65. The van der Waals surface area contributed by atoms with E-state index in [4.69, 9.17) is 0 Å². The van der Waals surface area contributed by atoms with Crippen molar-refractivity contribution in [3.8, 4) is 0 Å². The Morgan fingerprint density at radius 3 is 2.56 bits per heavy atom. The molecule has 1 saturated heterocycles. The molecule has 3 N–H and O–H groups in total. The van der Waals surface area contributed by atoms with Crippen molar-refractivity contribution >= 4 is 24.3 Å². The first-order valence-electron chi connectivity index (χ1n) is 8.65. The molecule has 3 amide bonds. The maximum atomic E-state index is 12.8. The van der Waals surface area contributed by atoms with Crippen LogP contribution < -0.4 is 16.0 Å². The zero-order chi connectivity index (χ0) is 17.4. The molecule has 0 bridgehead atoms. The average molecular weight is 369 g/mol. The molecule has 140 valence electrons. The summed E-state index contributed by atoms with van der Waals surface area (Å²) in [5, 5.41) is 8.95. The number of hydrogen-bond donors (Lipinski definition) is 3. The van der Waals surface area contributed by atoms with Crippen LogP contribution in [0.1, 0.15) is 25.8 Å². The largest absolute Gasteiger partial charge is 0.340 e. The predicted octanol–water partition coefficient (Wildman–Crippen LogP) is 1.75. The van der Waals surface area contributed by atoms with E-state index in [0.29, 0.717) is 13.1 Å². The minimum Gasteiger partial charge on any atom is -0.340 e. The smallest absolute Gasteiger partial charge is 0.315 e. The molecule has 1 aliphatic rings. The van der Waals surface area contributed by atoms with Gasteiger partial charge in [-0.05, 0) is 24.4 Å². The Labute approximate surface area is 156 Å². The zero-order valence-corrected chi connectivity index (χ0v) is 15.8. The standard InChI is InChI=1S/C18H28N4O2.ClH/c1-14(2)16(17(23)22-11-6-9-19-10-12-22)21-18(24)20-13-15-7-4-3-5-8-15;/h3-5,7-8,14,16,19H,6,9-13H2,1-2H3,(H2,20,21,24);1H. The molecule has 0 spiro atoms. The number of rotatable bonds is 5. The van der Waals surface area contributed by atoms with Crippen LogP contribution in [0.25, 0.3) is 0 Å². The van der Waals surface area contributed by atoms with Crippen molar-refractivity contribution in [1.29, 1.82) is 0 Å². The lowest BCUT2D eigenvalue weighted by molar-refractivity contribution is -0.134. The Hall–Kier alpha value is -1.79. The molecule has 25 heavy (non-hydrogen) atoms. The van der Waals surface area contributed by atoms with Crippen LogP contribution in [-0.2, 0) is 11.3 Å². The van der Waals surface area contributed by atoms with Gasteiger partial charge in [0, 0.05) is 26.2 Å². The Kier molecular flexibility index (Phi) is 9.31. The van der Waals surface area contributed by atoms with Crippen LogP contribution in [0, 0.1) is 5.92 Å². The number of benzene rings is 1. The summed E-state index contributed by atoms with van der Waals surface area (Å²) in [4.78, 5) is 26.8. The Balaban J connectivity index is 0.00000312. The van der Waals surface area contributed by atoms with Crippen LogP contribution in [0.3, 0.4) is 0 Å². The Morgan fingerprint density at radius 1 is 1.16 bits per heavy atom. The minimum atomic E-state index is -0.501. The number of hydrogen-bond acceptors (Lipinski definition) is 3. The number of urea groups is 1. The second-order valence-electron chi connectivity index (χ2n) is 6.46. The van der Waals surface area contributed by atoms with Crippen LogP contribution in [0.15, 0.2) is 30.3 Å². The van der Waals surface area contributed by atoms with Gasteiger partial charge in [-0.15, -0.1) is 12.4 Å². The van der Waals surface area contributed by atoms with E-state index >= 15 is 0 Å². The van der Waals surface area contributed by atoms with Gasteiger partial charge in [0.15, 0.2) is 0 Å². The van der Waals surface area contributed by atoms with Crippen molar-refractivity contribution in [3.05, 3.63) is 35.9 Å². The fourth-order valence-corrected chi connectivity index (χ4v) is 2.75. The van der Waals surface area contributed by atoms with Gasteiger partial charge in [-0.3, -0.25) is 4.79 Å². The lowest BCUT2D eigenvalue weighted by Crippen LogP contribution is -2.54. The van der Waals surface area contributed by atoms with Crippen molar-refractivity contribution in [1.82, 2.24) is 20.9 Å². The molecule has 1 unspecified atom stereocenters. The van der Waals surface area contributed by atoms with Gasteiger partial charge in [0.1, 0.15) is 6.04 Å². The maximum absolute atomic E-state index is 12.8. The van der Waals surface area contributed by atoms with Gasteiger partial charge in [-0.2, -0.15) is 0 Å². The molecule has 0 aliphatic carbocycles. The van der Waals surface area contributed by atoms with Gasteiger partial charge >= 0.3 is 6.03 Å². The van der Waals surface area contributed by atoms with E-state index in [1.807, 2.05) is 49.1 Å². The number of halogens is 1. The summed E-state index contributed by atoms with van der Waals surface area (Å²) in [6, 6.07) is 8.90. The molecule has 0 aromatic heterocycles. The number of nitrogens with zero attached hydrogens (tertiary/aromatic N) is 1. The van der Waals surface area contributed by atoms with Crippen molar-refractivity contribution in [2.75, 3.05) is 26.2 Å². The minimum absolute atomic E-state index is 0. The molecule has 7 heteroatoms. The molecule has 0 radical (unpaired) electrons. The van der Waals surface area contributed by atoms with Crippen molar-refractivity contribution in [3.63, 3.8) is 0 Å². The molecule has 1 fully saturated rings. The molecule has 1 aromatic carbocycles. The third kappa shape index (κ3) is 6.92. The SMILES string of the molecule is CC(C)C(NC(=O)NCc1ccccc1)C(=O)N1CCCNCC1.Cl. The topological polar surface area (TPSA) is 73.5 Å². The van der Waals surface area contributed by atoms with Crippen LogP contribution in [0.4, 0.5) is 4.79 Å². The highest BCUT2D eigenvalue weighted by Gasteiger charge is 2.28. The lowest BCUT2D eigenvalue weighted by Gasteiger charge is -2.28. The third-order valence-electron chi connectivity index (χ3n) is 4.17. The van der Waals surface area contributed by atoms with Crippen LogP contribution in [0.2, 0.25) is 0 Å². The van der Waals surface area contributed by atoms with Gasteiger partial charge in [0.25, 0.3) is 0 Å². The summed E-state index contributed by atoms with van der Waals surface area (Å²) in [6.45, 7) is 7.52. The second kappa shape index (κ2) is 10.9. The van der Waals surface area contributed by atoms with Gasteiger partial charge < -0.3 is 20.9 Å². The monoisotopic (exact) mass is 368 g/mol. The molecule has 0 saturated carbocycles. The third-order valence-corrected chi connectivity index (χ3v) is 4.17.